The van der Waals surface area contributed by atoms with Crippen LogP contribution in [-0.4, -0.2) is 76.8 Å². The number of ether oxygens (including phenoxy) is 4. The number of anilines is 1. The zero-order valence-electron chi connectivity index (χ0n) is 19.3. The van der Waals surface area contributed by atoms with Crippen LogP contribution in [0.15, 0.2) is 30.3 Å². The molecule has 0 unspecified atom stereocenters. The summed E-state index contributed by atoms with van der Waals surface area (Å²) in [4.78, 5) is 4.62. The molecule has 7 nitrogen and oxygen atoms in total. The number of halogens is 1. The molecule has 1 aliphatic rings. The largest absolute Gasteiger partial charge is 0.493 e. The molecule has 1 atom stereocenters. The summed E-state index contributed by atoms with van der Waals surface area (Å²) in [6.45, 7) is 6.86. The Hall–Kier alpha value is -2.19. The first kappa shape index (κ1) is 24.5. The molecule has 2 aromatic rings. The summed E-state index contributed by atoms with van der Waals surface area (Å²) in [5, 5.41) is 11.2. The molecule has 0 amide bonds. The van der Waals surface area contributed by atoms with Gasteiger partial charge in [0.2, 0.25) is 5.75 Å². The van der Waals surface area contributed by atoms with Crippen LogP contribution in [0.3, 0.4) is 0 Å². The average Bonchev–Trinajstić information content (AvgIpc) is 2.80. The number of rotatable bonds is 10. The van der Waals surface area contributed by atoms with Crippen LogP contribution in [0.1, 0.15) is 11.1 Å². The maximum Gasteiger partial charge on any atom is 0.203 e. The normalized spacial score (nSPS) is 15.5. The number of hydrogen-bond acceptors (Lipinski definition) is 7. The molecule has 0 bridgehead atoms. The van der Waals surface area contributed by atoms with Gasteiger partial charge in [0.1, 0.15) is 0 Å². The number of aliphatic hydroxyl groups is 1. The van der Waals surface area contributed by atoms with Gasteiger partial charge in [-0.25, -0.2) is 0 Å². The maximum absolute atomic E-state index is 10.5. The van der Waals surface area contributed by atoms with Crippen LogP contribution in [0.5, 0.6) is 17.2 Å². The molecule has 3 rings (SSSR count). The number of benzene rings is 2. The number of β-amino-alcohol motifs (C(OH)–C–C–N with tert-alkyl or cyclic N) is 1. The summed E-state index contributed by atoms with van der Waals surface area (Å²) < 4.78 is 21.9. The fraction of sp³-hybridized carbons (Fsp3) is 0.500. The van der Waals surface area contributed by atoms with E-state index in [1.54, 1.807) is 21.3 Å². The van der Waals surface area contributed by atoms with Gasteiger partial charge < -0.3 is 29.0 Å². The van der Waals surface area contributed by atoms with Crippen LogP contribution in [0.25, 0.3) is 0 Å². The minimum Gasteiger partial charge on any atom is -0.493 e. The molecule has 0 aromatic heterocycles. The van der Waals surface area contributed by atoms with Crippen LogP contribution in [-0.2, 0) is 11.3 Å². The second-order valence-corrected chi connectivity index (χ2v) is 8.36. The Bertz CT molecular complexity index is 862. The predicted octanol–water partition coefficient (Wildman–Crippen LogP) is 3.37. The lowest BCUT2D eigenvalue weighted by Gasteiger charge is -2.37. The van der Waals surface area contributed by atoms with Gasteiger partial charge in [-0.2, -0.15) is 0 Å². The van der Waals surface area contributed by atoms with Gasteiger partial charge in [-0.3, -0.25) is 4.90 Å². The molecule has 1 saturated heterocycles. The lowest BCUT2D eigenvalue weighted by molar-refractivity contribution is 0.00905. The molecule has 0 radical (unpaired) electrons. The number of nitrogens with zero attached hydrogens (tertiary/aromatic N) is 2. The fourth-order valence-corrected chi connectivity index (χ4v) is 4.14. The van der Waals surface area contributed by atoms with Crippen molar-refractivity contribution in [2.24, 2.45) is 0 Å². The van der Waals surface area contributed by atoms with E-state index in [0.717, 1.165) is 36.8 Å². The molecule has 1 N–H and O–H groups in total. The van der Waals surface area contributed by atoms with Gasteiger partial charge in [-0.1, -0.05) is 17.7 Å². The minimum absolute atomic E-state index is 0.254. The third-order valence-electron chi connectivity index (χ3n) is 5.66. The Morgan fingerprint density at radius 3 is 2.22 bits per heavy atom. The van der Waals surface area contributed by atoms with Crippen molar-refractivity contribution in [2.45, 2.75) is 19.6 Å². The second-order valence-electron chi connectivity index (χ2n) is 7.92. The Morgan fingerprint density at radius 1 is 0.969 bits per heavy atom. The maximum atomic E-state index is 10.5. The van der Waals surface area contributed by atoms with Gasteiger partial charge in [0.15, 0.2) is 11.5 Å². The molecule has 0 spiro atoms. The second kappa shape index (κ2) is 11.6. The van der Waals surface area contributed by atoms with E-state index in [4.69, 9.17) is 30.5 Å². The van der Waals surface area contributed by atoms with Crippen molar-refractivity contribution in [1.29, 1.82) is 0 Å². The summed E-state index contributed by atoms with van der Waals surface area (Å²) in [5.74, 6) is 1.71. The summed E-state index contributed by atoms with van der Waals surface area (Å²) in [6, 6.07) is 9.71. The van der Waals surface area contributed by atoms with E-state index in [2.05, 4.69) is 22.8 Å². The standard InChI is InChI=1S/C24H33ClN2O5/c1-17-5-6-19(25)13-21(17)27-9-7-26(8-10-27)14-20(28)16-32-15-18-11-22(29-2)24(31-4)23(12-18)30-3/h5-6,11-13,20,28H,7-10,14-16H2,1-4H3/t20-/m0/s1. The van der Waals surface area contributed by atoms with Crippen molar-refractivity contribution in [2.75, 3.05) is 65.6 Å². The fourth-order valence-electron chi connectivity index (χ4n) is 3.98. The summed E-state index contributed by atoms with van der Waals surface area (Å²) in [6.07, 6.45) is -0.559. The lowest BCUT2D eigenvalue weighted by atomic mass is 10.1. The number of methoxy groups -OCH3 is 3. The highest BCUT2D eigenvalue weighted by Gasteiger charge is 2.21. The molecule has 1 heterocycles. The van der Waals surface area contributed by atoms with E-state index in [1.807, 2.05) is 24.3 Å². The third kappa shape index (κ3) is 6.19. The van der Waals surface area contributed by atoms with Gasteiger partial charge in [-0.05, 0) is 42.3 Å². The molecule has 32 heavy (non-hydrogen) atoms. The Labute approximate surface area is 195 Å². The summed E-state index contributed by atoms with van der Waals surface area (Å²) >= 11 is 6.17. The SMILES string of the molecule is COc1cc(COC[C@@H](O)CN2CCN(c3cc(Cl)ccc3C)CC2)cc(OC)c1OC. The Morgan fingerprint density at radius 2 is 1.62 bits per heavy atom. The molecular formula is C24H33ClN2O5. The van der Waals surface area contributed by atoms with Crippen molar-refractivity contribution in [3.63, 3.8) is 0 Å². The first-order valence-electron chi connectivity index (χ1n) is 10.7. The van der Waals surface area contributed by atoms with Gasteiger partial charge in [0.05, 0.1) is 40.6 Å². The smallest absolute Gasteiger partial charge is 0.203 e. The first-order chi connectivity index (χ1) is 15.4. The number of hydrogen-bond donors (Lipinski definition) is 1. The van der Waals surface area contributed by atoms with Crippen LogP contribution >= 0.6 is 11.6 Å². The molecule has 1 aliphatic heterocycles. The van der Waals surface area contributed by atoms with Gasteiger partial charge in [0, 0.05) is 43.4 Å². The van der Waals surface area contributed by atoms with E-state index in [0.29, 0.717) is 30.4 Å². The molecule has 0 aliphatic carbocycles. The van der Waals surface area contributed by atoms with Crippen LogP contribution in [0.2, 0.25) is 5.02 Å². The van der Waals surface area contributed by atoms with Crippen LogP contribution < -0.4 is 19.1 Å². The predicted molar refractivity (Wildman–Crippen MR) is 127 cm³/mol. The highest BCUT2D eigenvalue weighted by atomic mass is 35.5. The van der Waals surface area contributed by atoms with E-state index < -0.39 is 6.10 Å². The summed E-state index contributed by atoms with van der Waals surface area (Å²) in [5.41, 5.74) is 3.30. The zero-order valence-corrected chi connectivity index (χ0v) is 20.0. The van der Waals surface area contributed by atoms with Crippen molar-refractivity contribution in [3.8, 4) is 17.2 Å². The molecule has 176 valence electrons. The number of aryl methyl sites for hydroxylation is 1. The van der Waals surface area contributed by atoms with Crippen molar-refractivity contribution in [3.05, 3.63) is 46.5 Å². The van der Waals surface area contributed by atoms with E-state index in [-0.39, 0.29) is 6.61 Å². The first-order valence-corrected chi connectivity index (χ1v) is 11.1. The van der Waals surface area contributed by atoms with Crippen molar-refractivity contribution >= 4 is 17.3 Å². The zero-order chi connectivity index (χ0) is 23.1. The molecule has 2 aromatic carbocycles. The van der Waals surface area contributed by atoms with E-state index >= 15 is 0 Å². The van der Waals surface area contributed by atoms with Crippen LogP contribution in [0, 0.1) is 6.92 Å². The molecule has 1 fully saturated rings. The molecule has 0 saturated carbocycles. The average molecular weight is 465 g/mol. The molecular weight excluding hydrogens is 432 g/mol. The van der Waals surface area contributed by atoms with E-state index in [1.165, 1.54) is 11.3 Å². The van der Waals surface area contributed by atoms with Crippen LogP contribution in [0.4, 0.5) is 5.69 Å². The quantitative estimate of drug-likeness (QED) is 0.578. The van der Waals surface area contributed by atoms with Crippen molar-refractivity contribution in [1.82, 2.24) is 4.90 Å². The monoisotopic (exact) mass is 464 g/mol. The highest BCUT2D eigenvalue weighted by Crippen LogP contribution is 2.38. The van der Waals surface area contributed by atoms with E-state index in [9.17, 15) is 5.11 Å². The summed E-state index contributed by atoms with van der Waals surface area (Å²) in [7, 11) is 4.74. The van der Waals surface area contributed by atoms with Gasteiger partial charge in [-0.15, -0.1) is 0 Å². The Kier molecular flexibility index (Phi) is 8.87. The topological polar surface area (TPSA) is 63.6 Å². The number of aliphatic hydroxyl groups excluding tert-OH is 1. The van der Waals surface area contributed by atoms with Gasteiger partial charge >= 0.3 is 0 Å². The number of piperazine rings is 1. The van der Waals surface area contributed by atoms with Gasteiger partial charge in [0.25, 0.3) is 0 Å². The van der Waals surface area contributed by atoms with Crippen molar-refractivity contribution < 1.29 is 24.1 Å². The molecule has 8 heteroatoms. The minimum atomic E-state index is -0.559. The lowest BCUT2D eigenvalue weighted by Crippen LogP contribution is -2.49. The third-order valence-corrected chi connectivity index (χ3v) is 5.89. The highest BCUT2D eigenvalue weighted by molar-refractivity contribution is 6.30. The Balaban J connectivity index is 1.45.